The van der Waals surface area contributed by atoms with Crippen molar-refractivity contribution in [3.63, 3.8) is 0 Å². The van der Waals surface area contributed by atoms with Crippen LogP contribution in [0.4, 0.5) is 15.8 Å². The molecule has 4 rings (SSSR count). The maximum Gasteiger partial charge on any atom is 0.343 e. The van der Waals surface area contributed by atoms with Crippen LogP contribution in [0, 0.1) is 11.3 Å². The summed E-state index contributed by atoms with van der Waals surface area (Å²) in [4.78, 5) is 25.2. The number of nitrogen functional groups attached to an aromatic ring is 2. The molecule has 0 amide bonds. The van der Waals surface area contributed by atoms with Crippen molar-refractivity contribution in [2.45, 2.75) is 69.6 Å². The van der Waals surface area contributed by atoms with Gasteiger partial charge in [0.25, 0.3) is 0 Å². The van der Waals surface area contributed by atoms with E-state index in [0.717, 1.165) is 55.3 Å². The molecule has 3 unspecified atom stereocenters. The van der Waals surface area contributed by atoms with E-state index in [0.29, 0.717) is 34.4 Å². The number of rotatable bonds is 12. The maximum atomic E-state index is 14.5. The normalized spacial score (nSPS) is 20.2. The van der Waals surface area contributed by atoms with Crippen LogP contribution in [-0.4, -0.2) is 18.6 Å². The average Bonchev–Trinajstić information content (AvgIpc) is 3.00. The van der Waals surface area contributed by atoms with E-state index in [-0.39, 0.29) is 30.4 Å². The molecule has 1 fully saturated rings. The Morgan fingerprint density at radius 3 is 2.47 bits per heavy atom. The minimum atomic E-state index is -0.541. The van der Waals surface area contributed by atoms with Crippen LogP contribution in [0.2, 0.25) is 0 Å². The third-order valence-corrected chi connectivity index (χ3v) is 9.34. The number of hydrogen-bond acceptors (Lipinski definition) is 7. The van der Waals surface area contributed by atoms with E-state index in [4.69, 9.17) is 20.4 Å². The molecule has 0 radical (unpaired) electrons. The number of benzene rings is 3. The predicted molar refractivity (Wildman–Crippen MR) is 172 cm³/mol. The molecule has 1 saturated carbocycles. The van der Waals surface area contributed by atoms with Gasteiger partial charge in [-0.3, -0.25) is 9.18 Å². The Labute approximate surface area is 258 Å². The topological polar surface area (TPSA) is 105 Å². The van der Waals surface area contributed by atoms with E-state index >= 15 is 0 Å². The molecule has 3 atom stereocenters. The largest absolute Gasteiger partial charge is 0.427 e. The Morgan fingerprint density at radius 2 is 1.79 bits per heavy atom. The molecule has 0 bridgehead atoms. The minimum Gasteiger partial charge on any atom is -0.427 e. The zero-order valence-corrected chi connectivity index (χ0v) is 25.7. The summed E-state index contributed by atoms with van der Waals surface area (Å²) in [5, 5.41) is 0. The number of carbonyl (C=O) groups is 2. The first-order valence-electron chi connectivity index (χ1n) is 14.9. The first-order valence-corrected chi connectivity index (χ1v) is 15.7. The fraction of sp³-hybridized carbons (Fsp3) is 0.371. The van der Waals surface area contributed by atoms with Gasteiger partial charge in [-0.2, -0.15) is 0 Å². The molecule has 0 aliphatic heterocycles. The number of esters is 1. The molecule has 43 heavy (non-hydrogen) atoms. The molecule has 4 N–H and O–H groups in total. The van der Waals surface area contributed by atoms with Gasteiger partial charge in [-0.25, -0.2) is 4.79 Å². The molecule has 8 heteroatoms. The van der Waals surface area contributed by atoms with Gasteiger partial charge in [-0.1, -0.05) is 69.5 Å². The van der Waals surface area contributed by atoms with E-state index in [1.54, 1.807) is 48.5 Å². The second-order valence-electron chi connectivity index (χ2n) is 11.4. The Bertz CT molecular complexity index is 1410. The summed E-state index contributed by atoms with van der Waals surface area (Å²) in [5.41, 5.74) is 15.2. The highest BCUT2D eigenvalue weighted by Crippen LogP contribution is 2.53. The lowest BCUT2D eigenvalue weighted by atomic mass is 9.57. The number of anilines is 2. The molecule has 228 valence electrons. The maximum absolute atomic E-state index is 14.5. The summed E-state index contributed by atoms with van der Waals surface area (Å²) in [6.07, 6.45) is 8.87. The van der Waals surface area contributed by atoms with Crippen molar-refractivity contribution in [1.82, 2.24) is 0 Å². The Kier molecular flexibility index (Phi) is 11.3. The number of nitrogens with two attached hydrogens (primary N) is 2. The zero-order valence-electron chi connectivity index (χ0n) is 24.9. The van der Waals surface area contributed by atoms with Crippen LogP contribution in [0.5, 0.6) is 5.75 Å². The summed E-state index contributed by atoms with van der Waals surface area (Å²) in [6, 6.07) is 20.2. The Balaban J connectivity index is 1.24. The number of hydrogen-bond donors (Lipinski definition) is 2. The highest BCUT2D eigenvalue weighted by molar-refractivity contribution is 7.95. The van der Waals surface area contributed by atoms with Gasteiger partial charge in [-0.15, -0.1) is 0 Å². The van der Waals surface area contributed by atoms with E-state index in [1.165, 1.54) is 11.6 Å². The number of alkyl halides is 1. The molecule has 0 spiro atoms. The van der Waals surface area contributed by atoms with Gasteiger partial charge < -0.3 is 20.4 Å². The van der Waals surface area contributed by atoms with Crippen LogP contribution in [-0.2, 0) is 20.2 Å². The van der Waals surface area contributed by atoms with Gasteiger partial charge in [0.15, 0.2) is 0 Å². The summed E-state index contributed by atoms with van der Waals surface area (Å²) in [5.74, 6) is 0.171. The van der Waals surface area contributed by atoms with Crippen molar-refractivity contribution in [1.29, 1.82) is 0 Å². The second kappa shape index (κ2) is 15.1. The van der Waals surface area contributed by atoms with Gasteiger partial charge in [0.2, 0.25) is 0 Å². The van der Waals surface area contributed by atoms with E-state index in [9.17, 15) is 14.0 Å². The van der Waals surface area contributed by atoms with Crippen LogP contribution < -0.4 is 16.2 Å². The lowest BCUT2D eigenvalue weighted by Crippen LogP contribution is -2.40. The number of carbonyl (C=O) groups excluding carboxylic acids is 2. The molecular formula is C35H41FN2O4S. The van der Waals surface area contributed by atoms with Crippen LogP contribution in [0.15, 0.2) is 77.7 Å². The lowest BCUT2D eigenvalue weighted by molar-refractivity contribution is -0.134. The summed E-state index contributed by atoms with van der Waals surface area (Å²) < 4.78 is 25.2. The van der Waals surface area contributed by atoms with Crippen LogP contribution in [0.3, 0.4) is 0 Å². The SMILES string of the molecule is CCCC1(CF)C(C)CCCC1c1ccc(CCC(=O)Oc2ccc(/C=C/C(=O)OSc3ccc(N)cc3N)cc2)cc1. The molecule has 0 aromatic heterocycles. The standard InChI is InChI=1S/C35H41FN2O4S/c1-3-21-35(23-36)24(2)5-4-6-30(35)27-13-7-25(8-14-27)11-19-33(39)41-29-16-9-26(10-17-29)12-20-34(40)42-43-32-18-15-28(37)22-31(32)38/h7-10,12-18,20,22,24,30H,3-6,11,19,21,23,37-38H2,1-2H3/b20-12+. The summed E-state index contributed by atoms with van der Waals surface area (Å²) in [6.45, 7) is 4.08. The third-order valence-electron chi connectivity index (χ3n) is 8.54. The molecule has 1 aliphatic carbocycles. The van der Waals surface area contributed by atoms with Gasteiger partial charge >= 0.3 is 11.9 Å². The summed E-state index contributed by atoms with van der Waals surface area (Å²) >= 11 is 0.868. The molecule has 6 nitrogen and oxygen atoms in total. The zero-order chi connectivity index (χ0) is 30.8. The first kappa shape index (κ1) is 32.1. The van der Waals surface area contributed by atoms with E-state index in [2.05, 4.69) is 38.1 Å². The first-order chi connectivity index (χ1) is 20.7. The monoisotopic (exact) mass is 604 g/mol. The average molecular weight is 605 g/mol. The van der Waals surface area contributed by atoms with Crippen molar-refractivity contribution in [3.05, 3.63) is 89.5 Å². The van der Waals surface area contributed by atoms with Crippen molar-refractivity contribution < 1.29 is 22.9 Å². The van der Waals surface area contributed by atoms with Crippen molar-refractivity contribution >= 4 is 41.4 Å². The Hall–Kier alpha value is -3.78. The molecule has 3 aromatic rings. The van der Waals surface area contributed by atoms with Gasteiger partial charge in [0, 0.05) is 23.6 Å². The number of aryl methyl sites for hydroxylation is 1. The minimum absolute atomic E-state index is 0.233. The van der Waals surface area contributed by atoms with Crippen LogP contribution >= 0.6 is 12.0 Å². The molecule has 0 heterocycles. The molecule has 1 aliphatic rings. The van der Waals surface area contributed by atoms with E-state index in [1.807, 2.05) is 0 Å². The quantitative estimate of drug-likeness (QED) is 0.0704. The lowest BCUT2D eigenvalue weighted by Gasteiger charge is -2.47. The second-order valence-corrected chi connectivity index (χ2v) is 12.2. The smallest absolute Gasteiger partial charge is 0.343 e. The van der Waals surface area contributed by atoms with Crippen LogP contribution in [0.1, 0.15) is 75.0 Å². The van der Waals surface area contributed by atoms with Crippen molar-refractivity contribution in [3.8, 4) is 5.75 Å². The third kappa shape index (κ3) is 8.41. The van der Waals surface area contributed by atoms with E-state index < -0.39 is 5.97 Å². The highest BCUT2D eigenvalue weighted by atomic mass is 32.2. The Morgan fingerprint density at radius 1 is 1.05 bits per heavy atom. The van der Waals surface area contributed by atoms with Gasteiger partial charge in [-0.05, 0) is 84.2 Å². The van der Waals surface area contributed by atoms with Crippen molar-refractivity contribution in [2.24, 2.45) is 11.3 Å². The number of ether oxygens (including phenoxy) is 1. The highest BCUT2D eigenvalue weighted by Gasteiger charge is 2.45. The van der Waals surface area contributed by atoms with Crippen molar-refractivity contribution in [2.75, 3.05) is 18.1 Å². The van der Waals surface area contributed by atoms with Gasteiger partial charge in [0.1, 0.15) is 5.75 Å². The number of halogens is 1. The van der Waals surface area contributed by atoms with Crippen LogP contribution in [0.25, 0.3) is 6.08 Å². The molecule has 3 aromatic carbocycles. The molecule has 0 saturated heterocycles. The fourth-order valence-corrected chi connectivity index (χ4v) is 6.64. The van der Waals surface area contributed by atoms with Gasteiger partial charge in [0.05, 0.1) is 29.3 Å². The summed E-state index contributed by atoms with van der Waals surface area (Å²) in [7, 11) is 0. The molecular weight excluding hydrogens is 563 g/mol. The predicted octanol–water partition coefficient (Wildman–Crippen LogP) is 8.31. The fourth-order valence-electron chi connectivity index (χ4n) is 6.14.